The van der Waals surface area contributed by atoms with Crippen molar-refractivity contribution in [3.8, 4) is 0 Å². The van der Waals surface area contributed by atoms with Gasteiger partial charge in [0.15, 0.2) is 5.43 Å². The first-order valence-corrected chi connectivity index (χ1v) is 11.9. The SMILES string of the molecule is Cc1ccc(S(=O)(=O)N2CCN(c3cc4c(cc3F)c(=O)ccn4C3CC3)CC2)cc1. The van der Waals surface area contributed by atoms with Crippen molar-refractivity contribution < 1.29 is 12.8 Å². The average Bonchev–Trinajstić information content (AvgIpc) is 3.60. The molecule has 0 unspecified atom stereocenters. The van der Waals surface area contributed by atoms with Crippen LogP contribution < -0.4 is 10.3 Å². The normalized spacial score (nSPS) is 17.9. The van der Waals surface area contributed by atoms with Gasteiger partial charge in [0.2, 0.25) is 10.0 Å². The van der Waals surface area contributed by atoms with Crippen molar-refractivity contribution in [1.29, 1.82) is 0 Å². The zero-order valence-corrected chi connectivity index (χ0v) is 18.1. The van der Waals surface area contributed by atoms with Gasteiger partial charge in [0.25, 0.3) is 0 Å². The molecule has 0 bridgehead atoms. The van der Waals surface area contributed by atoms with Crippen LogP contribution in [0.4, 0.5) is 10.1 Å². The molecular weight excluding hydrogens is 417 g/mol. The molecule has 3 aromatic rings. The van der Waals surface area contributed by atoms with Gasteiger partial charge in [-0.2, -0.15) is 4.31 Å². The van der Waals surface area contributed by atoms with Crippen LogP contribution in [0.2, 0.25) is 0 Å². The van der Waals surface area contributed by atoms with E-state index in [1.54, 1.807) is 36.5 Å². The molecule has 2 heterocycles. The Kier molecular flexibility index (Phi) is 4.86. The van der Waals surface area contributed by atoms with E-state index in [4.69, 9.17) is 0 Å². The van der Waals surface area contributed by atoms with E-state index < -0.39 is 15.8 Å². The summed E-state index contributed by atoms with van der Waals surface area (Å²) < 4.78 is 44.3. The van der Waals surface area contributed by atoms with Crippen LogP contribution in [0.1, 0.15) is 24.4 Å². The van der Waals surface area contributed by atoms with E-state index in [0.717, 1.165) is 23.9 Å². The fourth-order valence-corrected chi connectivity index (χ4v) is 5.64. The first kappa shape index (κ1) is 20.2. The van der Waals surface area contributed by atoms with Crippen LogP contribution in [0.3, 0.4) is 0 Å². The fourth-order valence-electron chi connectivity index (χ4n) is 4.22. The van der Waals surface area contributed by atoms with E-state index >= 15 is 0 Å². The molecule has 0 radical (unpaired) electrons. The van der Waals surface area contributed by atoms with E-state index in [1.165, 1.54) is 16.4 Å². The van der Waals surface area contributed by atoms with Crippen LogP contribution in [0, 0.1) is 12.7 Å². The standard InChI is InChI=1S/C23H24FN3O3S/c1-16-2-6-18(7-3-16)31(29,30)26-12-10-25(11-13-26)22-15-21-19(14-20(22)24)23(28)8-9-27(21)17-4-5-17/h2-3,6-9,14-15,17H,4-5,10-13H2,1H3. The maximum atomic E-state index is 14.9. The third-order valence-corrected chi connectivity index (χ3v) is 8.09. The monoisotopic (exact) mass is 441 g/mol. The number of rotatable bonds is 4. The number of aromatic nitrogens is 1. The van der Waals surface area contributed by atoms with E-state index in [0.29, 0.717) is 30.2 Å². The number of hydrogen-bond acceptors (Lipinski definition) is 4. The van der Waals surface area contributed by atoms with Gasteiger partial charge >= 0.3 is 0 Å². The van der Waals surface area contributed by atoms with Crippen molar-refractivity contribution >= 4 is 26.6 Å². The molecule has 162 valence electrons. The molecule has 31 heavy (non-hydrogen) atoms. The summed E-state index contributed by atoms with van der Waals surface area (Å²) in [5.41, 5.74) is 1.97. The van der Waals surface area contributed by atoms with Crippen LogP contribution in [-0.4, -0.2) is 43.5 Å². The van der Waals surface area contributed by atoms with Gasteiger partial charge in [0, 0.05) is 49.9 Å². The molecule has 0 atom stereocenters. The molecule has 2 fully saturated rings. The summed E-state index contributed by atoms with van der Waals surface area (Å²) in [5.74, 6) is -0.451. The summed E-state index contributed by atoms with van der Waals surface area (Å²) in [5, 5.41) is 0.385. The third kappa shape index (κ3) is 3.64. The Labute approximate surface area is 180 Å². The smallest absolute Gasteiger partial charge is 0.243 e. The molecule has 1 aliphatic carbocycles. The highest BCUT2D eigenvalue weighted by Crippen LogP contribution is 2.37. The average molecular weight is 442 g/mol. The predicted molar refractivity (Wildman–Crippen MR) is 119 cm³/mol. The second-order valence-corrected chi connectivity index (χ2v) is 10.3. The van der Waals surface area contributed by atoms with Gasteiger partial charge in [-0.1, -0.05) is 17.7 Å². The molecule has 2 aliphatic rings. The number of nitrogens with zero attached hydrogens (tertiary/aromatic N) is 3. The molecule has 0 amide bonds. The lowest BCUT2D eigenvalue weighted by atomic mass is 10.1. The Hall–Kier alpha value is -2.71. The van der Waals surface area contributed by atoms with E-state index in [9.17, 15) is 17.6 Å². The molecule has 1 aliphatic heterocycles. The Morgan fingerprint density at radius 1 is 0.968 bits per heavy atom. The third-order valence-electron chi connectivity index (χ3n) is 6.17. The van der Waals surface area contributed by atoms with Gasteiger partial charge in [-0.05, 0) is 44.0 Å². The van der Waals surface area contributed by atoms with Gasteiger partial charge in [-0.15, -0.1) is 0 Å². The van der Waals surface area contributed by atoms with Crippen LogP contribution in [0.25, 0.3) is 10.9 Å². The lowest BCUT2D eigenvalue weighted by molar-refractivity contribution is 0.383. The molecule has 5 rings (SSSR count). The van der Waals surface area contributed by atoms with Crippen LogP contribution in [-0.2, 0) is 10.0 Å². The van der Waals surface area contributed by atoms with Crippen molar-refractivity contribution in [3.63, 3.8) is 0 Å². The minimum absolute atomic E-state index is 0.189. The second-order valence-electron chi connectivity index (χ2n) is 8.34. The van der Waals surface area contributed by atoms with Crippen molar-refractivity contribution in [2.75, 3.05) is 31.1 Å². The second kappa shape index (κ2) is 7.46. The summed E-state index contributed by atoms with van der Waals surface area (Å²) in [6.07, 6.45) is 3.90. The first-order valence-electron chi connectivity index (χ1n) is 10.5. The summed E-state index contributed by atoms with van der Waals surface area (Å²) >= 11 is 0. The number of pyridine rings is 1. The highest BCUT2D eigenvalue weighted by Gasteiger charge is 2.30. The maximum Gasteiger partial charge on any atom is 0.243 e. The van der Waals surface area contributed by atoms with Crippen LogP contribution in [0.5, 0.6) is 0 Å². The molecule has 0 spiro atoms. The molecule has 0 N–H and O–H groups in total. The number of fused-ring (bicyclic) bond motifs is 1. The topological polar surface area (TPSA) is 62.6 Å². The number of benzene rings is 2. The molecule has 1 saturated heterocycles. The summed E-state index contributed by atoms with van der Waals surface area (Å²) in [6.45, 7) is 3.23. The Bertz CT molecular complexity index is 1310. The van der Waals surface area contributed by atoms with Crippen molar-refractivity contribution in [1.82, 2.24) is 8.87 Å². The summed E-state index contributed by atoms with van der Waals surface area (Å²) in [4.78, 5) is 14.4. The number of anilines is 1. The number of piperazine rings is 1. The minimum Gasteiger partial charge on any atom is -0.366 e. The minimum atomic E-state index is -3.58. The molecule has 6 nitrogen and oxygen atoms in total. The Morgan fingerprint density at radius 3 is 2.29 bits per heavy atom. The van der Waals surface area contributed by atoms with Crippen LogP contribution in [0.15, 0.2) is 58.4 Å². The maximum absolute atomic E-state index is 14.9. The predicted octanol–water partition coefficient (Wildman–Crippen LogP) is 3.29. The quantitative estimate of drug-likeness (QED) is 0.623. The van der Waals surface area contributed by atoms with E-state index in [2.05, 4.69) is 4.57 Å². The van der Waals surface area contributed by atoms with Crippen molar-refractivity contribution in [3.05, 3.63) is 70.3 Å². The van der Waals surface area contributed by atoms with Crippen LogP contribution >= 0.6 is 0 Å². The molecule has 1 saturated carbocycles. The van der Waals surface area contributed by atoms with Gasteiger partial charge < -0.3 is 9.47 Å². The van der Waals surface area contributed by atoms with Gasteiger partial charge in [-0.25, -0.2) is 12.8 Å². The molecular formula is C23H24FN3O3S. The molecule has 1 aromatic heterocycles. The lowest BCUT2D eigenvalue weighted by Gasteiger charge is -2.35. The Balaban J connectivity index is 1.41. The van der Waals surface area contributed by atoms with Gasteiger partial charge in [-0.3, -0.25) is 4.79 Å². The molecule has 2 aromatic carbocycles. The fraction of sp³-hybridized carbons (Fsp3) is 0.348. The first-order chi connectivity index (χ1) is 14.8. The van der Waals surface area contributed by atoms with Gasteiger partial charge in [0.1, 0.15) is 5.82 Å². The number of aryl methyl sites for hydroxylation is 1. The van der Waals surface area contributed by atoms with Gasteiger partial charge in [0.05, 0.1) is 16.1 Å². The van der Waals surface area contributed by atoms with E-state index in [-0.39, 0.29) is 23.4 Å². The number of hydrogen-bond donors (Lipinski definition) is 0. The number of halogens is 1. The number of sulfonamides is 1. The zero-order valence-electron chi connectivity index (χ0n) is 17.3. The van der Waals surface area contributed by atoms with Crippen molar-refractivity contribution in [2.45, 2.75) is 30.7 Å². The largest absolute Gasteiger partial charge is 0.366 e. The summed E-state index contributed by atoms with van der Waals surface area (Å²) in [6, 6.07) is 11.7. The zero-order chi connectivity index (χ0) is 21.8. The molecule has 8 heteroatoms. The van der Waals surface area contributed by atoms with Crippen molar-refractivity contribution in [2.24, 2.45) is 0 Å². The highest BCUT2D eigenvalue weighted by molar-refractivity contribution is 7.89. The Morgan fingerprint density at radius 2 is 1.65 bits per heavy atom. The highest BCUT2D eigenvalue weighted by atomic mass is 32.2. The van der Waals surface area contributed by atoms with E-state index in [1.807, 2.05) is 11.8 Å². The summed E-state index contributed by atoms with van der Waals surface area (Å²) in [7, 11) is -3.58. The lowest BCUT2D eigenvalue weighted by Crippen LogP contribution is -2.48.